The molecule has 5 heteroatoms. The highest BCUT2D eigenvalue weighted by molar-refractivity contribution is 6.13. The smallest absolute Gasteiger partial charge is 0.221 e. The van der Waals surface area contributed by atoms with Crippen LogP contribution in [0.15, 0.2) is 18.2 Å². The molecule has 0 heterocycles. The van der Waals surface area contributed by atoms with Crippen LogP contribution in [0.2, 0.25) is 0 Å². The van der Waals surface area contributed by atoms with E-state index in [1.165, 1.54) is 32.0 Å². The first-order chi connectivity index (χ1) is 8.90. The van der Waals surface area contributed by atoms with Crippen LogP contribution < -0.4 is 0 Å². The van der Waals surface area contributed by atoms with Crippen molar-refractivity contribution in [3.8, 4) is 12.1 Å². The van der Waals surface area contributed by atoms with Gasteiger partial charge >= 0.3 is 0 Å². The Balaban J connectivity index is 3.17. The Labute approximate surface area is 110 Å². The minimum absolute atomic E-state index is 0.0756. The summed E-state index contributed by atoms with van der Waals surface area (Å²) in [6.07, 6.45) is -2.26. The normalized spacial score (nSPS) is 11.5. The average Bonchev–Trinajstić information content (AvgIpc) is 2.43. The van der Waals surface area contributed by atoms with E-state index in [9.17, 15) is 14.0 Å². The van der Waals surface area contributed by atoms with E-state index in [0.29, 0.717) is 0 Å². The van der Waals surface area contributed by atoms with Gasteiger partial charge in [0, 0.05) is 11.5 Å². The molecule has 0 saturated carbocycles. The SMILES string of the molecule is CC(C)C(=O)C(F)C(=O)c1cc(C#N)cc(C#N)c1. The number of halogens is 1. The quantitative estimate of drug-likeness (QED) is 0.612. The summed E-state index contributed by atoms with van der Waals surface area (Å²) in [7, 11) is 0. The summed E-state index contributed by atoms with van der Waals surface area (Å²) in [5, 5.41) is 17.5. The lowest BCUT2D eigenvalue weighted by Gasteiger charge is -2.09. The molecule has 4 nitrogen and oxygen atoms in total. The van der Waals surface area contributed by atoms with Crippen LogP contribution >= 0.6 is 0 Å². The second kappa shape index (κ2) is 5.88. The molecular formula is C14H11FN2O2. The zero-order valence-corrected chi connectivity index (χ0v) is 10.5. The minimum atomic E-state index is -2.26. The highest BCUT2D eigenvalue weighted by Gasteiger charge is 2.29. The molecule has 1 aromatic rings. The molecule has 96 valence electrons. The van der Waals surface area contributed by atoms with Crippen LogP contribution in [0.4, 0.5) is 4.39 Å². The first kappa shape index (κ1) is 14.5. The zero-order chi connectivity index (χ0) is 14.6. The van der Waals surface area contributed by atoms with Crippen LogP contribution in [-0.2, 0) is 4.79 Å². The third kappa shape index (κ3) is 3.23. The van der Waals surface area contributed by atoms with Gasteiger partial charge in [-0.05, 0) is 18.2 Å². The van der Waals surface area contributed by atoms with E-state index in [1.54, 1.807) is 12.1 Å². The predicted octanol–water partition coefficient (Wildman–Crippen LogP) is 2.18. The van der Waals surface area contributed by atoms with Gasteiger partial charge in [0.05, 0.1) is 23.3 Å². The van der Waals surface area contributed by atoms with Gasteiger partial charge in [-0.25, -0.2) is 4.39 Å². The third-order valence-corrected chi connectivity index (χ3v) is 2.52. The number of hydrogen-bond acceptors (Lipinski definition) is 4. The molecule has 0 bridgehead atoms. The molecule has 0 radical (unpaired) electrons. The minimum Gasteiger partial charge on any atom is -0.296 e. The molecule has 1 unspecified atom stereocenters. The highest BCUT2D eigenvalue weighted by Crippen LogP contribution is 2.15. The molecule has 0 spiro atoms. The number of alkyl halides is 1. The largest absolute Gasteiger partial charge is 0.296 e. The lowest BCUT2D eigenvalue weighted by atomic mass is 9.96. The number of ketones is 2. The first-order valence-corrected chi connectivity index (χ1v) is 5.58. The molecule has 1 aromatic carbocycles. The average molecular weight is 258 g/mol. The number of rotatable bonds is 4. The third-order valence-electron chi connectivity index (χ3n) is 2.52. The number of carbonyl (C=O) groups excluding carboxylic acids is 2. The Kier molecular flexibility index (Phi) is 4.50. The molecule has 1 atom stereocenters. The number of nitrogens with zero attached hydrogens (tertiary/aromatic N) is 2. The first-order valence-electron chi connectivity index (χ1n) is 5.58. The summed E-state index contributed by atoms with van der Waals surface area (Å²) in [5.74, 6) is -2.44. The molecule has 0 aliphatic heterocycles. The standard InChI is InChI=1S/C14H11FN2O2/c1-8(2)13(18)12(15)14(19)11-4-9(6-16)3-10(5-11)7-17/h3-5,8,12H,1-2H3. The maximum Gasteiger partial charge on any atom is 0.221 e. The number of hydrogen-bond donors (Lipinski definition) is 0. The van der Waals surface area contributed by atoms with E-state index in [1.807, 2.05) is 0 Å². The van der Waals surface area contributed by atoms with Gasteiger partial charge in [0.2, 0.25) is 12.0 Å². The van der Waals surface area contributed by atoms with Crippen LogP contribution in [0.1, 0.15) is 35.3 Å². The second-order valence-corrected chi connectivity index (χ2v) is 4.31. The Morgan fingerprint density at radius 2 is 1.58 bits per heavy atom. The topological polar surface area (TPSA) is 81.7 Å². The van der Waals surface area contributed by atoms with Crippen molar-refractivity contribution >= 4 is 11.6 Å². The van der Waals surface area contributed by atoms with Crippen molar-refractivity contribution in [3.05, 3.63) is 34.9 Å². The fourth-order valence-corrected chi connectivity index (χ4v) is 1.47. The number of nitriles is 2. The molecule has 0 aromatic heterocycles. The van der Waals surface area contributed by atoms with Crippen molar-refractivity contribution in [3.63, 3.8) is 0 Å². The fraction of sp³-hybridized carbons (Fsp3) is 0.286. The highest BCUT2D eigenvalue weighted by atomic mass is 19.1. The lowest BCUT2D eigenvalue weighted by molar-refractivity contribution is -0.125. The molecule has 0 fully saturated rings. The van der Waals surface area contributed by atoms with Gasteiger partial charge in [-0.2, -0.15) is 10.5 Å². The van der Waals surface area contributed by atoms with Crippen molar-refractivity contribution in [1.82, 2.24) is 0 Å². The van der Waals surface area contributed by atoms with Crippen LogP contribution in [0, 0.1) is 28.6 Å². The van der Waals surface area contributed by atoms with Crippen LogP contribution in [-0.4, -0.2) is 17.7 Å². The van der Waals surface area contributed by atoms with Gasteiger partial charge in [0.1, 0.15) is 0 Å². The van der Waals surface area contributed by atoms with E-state index in [2.05, 4.69) is 0 Å². The predicted molar refractivity (Wildman–Crippen MR) is 64.9 cm³/mol. The maximum absolute atomic E-state index is 13.7. The Morgan fingerprint density at radius 1 is 1.11 bits per heavy atom. The van der Waals surface area contributed by atoms with E-state index in [-0.39, 0.29) is 16.7 Å². The van der Waals surface area contributed by atoms with Crippen LogP contribution in [0.5, 0.6) is 0 Å². The molecule has 0 N–H and O–H groups in total. The number of Topliss-reactive ketones (excluding diaryl/α,β-unsaturated/α-hetero) is 2. The van der Waals surface area contributed by atoms with Crippen molar-refractivity contribution in [2.24, 2.45) is 5.92 Å². The van der Waals surface area contributed by atoms with Crippen molar-refractivity contribution < 1.29 is 14.0 Å². The van der Waals surface area contributed by atoms with Crippen LogP contribution in [0.25, 0.3) is 0 Å². The van der Waals surface area contributed by atoms with Gasteiger partial charge < -0.3 is 0 Å². The molecule has 0 aliphatic rings. The van der Waals surface area contributed by atoms with Gasteiger partial charge in [-0.3, -0.25) is 9.59 Å². The fourth-order valence-electron chi connectivity index (χ4n) is 1.47. The van der Waals surface area contributed by atoms with Crippen molar-refractivity contribution in [2.45, 2.75) is 20.0 Å². The monoisotopic (exact) mass is 258 g/mol. The summed E-state index contributed by atoms with van der Waals surface area (Å²) in [5.41, 5.74) is 0.00953. The molecule has 0 amide bonds. The summed E-state index contributed by atoms with van der Waals surface area (Å²) in [6.45, 7) is 2.99. The maximum atomic E-state index is 13.7. The lowest BCUT2D eigenvalue weighted by Crippen LogP contribution is -2.29. The van der Waals surface area contributed by atoms with Gasteiger partial charge in [0.15, 0.2) is 5.78 Å². The van der Waals surface area contributed by atoms with Gasteiger partial charge in [0.25, 0.3) is 0 Å². The zero-order valence-electron chi connectivity index (χ0n) is 10.5. The van der Waals surface area contributed by atoms with E-state index >= 15 is 0 Å². The summed E-state index contributed by atoms with van der Waals surface area (Å²) >= 11 is 0. The molecular weight excluding hydrogens is 247 g/mol. The molecule has 0 saturated heterocycles. The number of benzene rings is 1. The Morgan fingerprint density at radius 3 is 1.95 bits per heavy atom. The van der Waals surface area contributed by atoms with E-state index in [0.717, 1.165) is 0 Å². The van der Waals surface area contributed by atoms with E-state index in [4.69, 9.17) is 10.5 Å². The summed E-state index contributed by atoms with van der Waals surface area (Å²) in [6, 6.07) is 7.18. The summed E-state index contributed by atoms with van der Waals surface area (Å²) in [4.78, 5) is 23.3. The second-order valence-electron chi connectivity index (χ2n) is 4.31. The Hall–Kier alpha value is -2.53. The van der Waals surface area contributed by atoms with Gasteiger partial charge in [-0.15, -0.1) is 0 Å². The van der Waals surface area contributed by atoms with Crippen molar-refractivity contribution in [2.75, 3.05) is 0 Å². The van der Waals surface area contributed by atoms with Gasteiger partial charge in [-0.1, -0.05) is 13.8 Å². The summed E-state index contributed by atoms with van der Waals surface area (Å²) < 4.78 is 13.7. The van der Waals surface area contributed by atoms with Crippen molar-refractivity contribution in [1.29, 1.82) is 10.5 Å². The number of carbonyl (C=O) groups is 2. The van der Waals surface area contributed by atoms with E-state index < -0.39 is 23.7 Å². The molecule has 0 aliphatic carbocycles. The van der Waals surface area contributed by atoms with Crippen LogP contribution in [0.3, 0.4) is 0 Å². The Bertz CT molecular complexity index is 577. The molecule has 19 heavy (non-hydrogen) atoms. The molecule has 1 rings (SSSR count).